The molecule has 1 amide bonds. The largest absolute Gasteiger partial charge is 0.507 e. The van der Waals surface area contributed by atoms with E-state index in [0.29, 0.717) is 29.1 Å². The van der Waals surface area contributed by atoms with E-state index in [0.717, 1.165) is 0 Å². The predicted molar refractivity (Wildman–Crippen MR) is 114 cm³/mol. The highest BCUT2D eigenvalue weighted by atomic mass is 35.5. The summed E-state index contributed by atoms with van der Waals surface area (Å²) in [4.78, 5) is 31.2. The molecule has 2 heterocycles. The number of aromatic nitrogens is 2. The van der Waals surface area contributed by atoms with Crippen molar-refractivity contribution in [2.45, 2.75) is 19.0 Å². The summed E-state index contributed by atoms with van der Waals surface area (Å²) in [5, 5.41) is 11.4. The van der Waals surface area contributed by atoms with Gasteiger partial charge < -0.3 is 14.6 Å². The van der Waals surface area contributed by atoms with Crippen LogP contribution < -0.4 is 0 Å². The minimum absolute atomic E-state index is 0.0263. The van der Waals surface area contributed by atoms with Gasteiger partial charge in [0.1, 0.15) is 11.6 Å². The molecule has 0 radical (unpaired) electrons. The second-order valence-electron chi connectivity index (χ2n) is 7.20. The van der Waals surface area contributed by atoms with E-state index in [2.05, 4.69) is 4.98 Å². The van der Waals surface area contributed by atoms with Crippen molar-refractivity contribution < 1.29 is 19.1 Å². The number of benzene rings is 2. The Labute approximate surface area is 183 Å². The molecule has 8 heteroatoms. The molecule has 1 aliphatic heterocycles. The third-order valence-corrected chi connectivity index (χ3v) is 5.47. The van der Waals surface area contributed by atoms with Crippen LogP contribution in [0.3, 0.4) is 0 Å². The fourth-order valence-corrected chi connectivity index (χ4v) is 3.83. The summed E-state index contributed by atoms with van der Waals surface area (Å²) in [6, 6.07) is 11.1. The van der Waals surface area contributed by atoms with Crippen molar-refractivity contribution in [3.05, 3.63) is 94.8 Å². The number of nitrogens with zero attached hydrogens (tertiary/aromatic N) is 3. The van der Waals surface area contributed by atoms with Crippen LogP contribution in [-0.4, -0.2) is 37.8 Å². The van der Waals surface area contributed by atoms with Gasteiger partial charge in [0.05, 0.1) is 17.9 Å². The third kappa shape index (κ3) is 4.22. The van der Waals surface area contributed by atoms with E-state index in [4.69, 9.17) is 11.6 Å². The minimum Gasteiger partial charge on any atom is -0.507 e. The fourth-order valence-electron chi connectivity index (χ4n) is 3.71. The van der Waals surface area contributed by atoms with Crippen LogP contribution in [0.15, 0.2) is 72.8 Å². The molecule has 0 bridgehead atoms. The molecule has 1 aliphatic rings. The van der Waals surface area contributed by atoms with Crippen molar-refractivity contribution in [3.63, 3.8) is 0 Å². The number of rotatable bonds is 6. The van der Waals surface area contributed by atoms with Crippen LogP contribution in [0.5, 0.6) is 0 Å². The maximum absolute atomic E-state index is 13.5. The first-order chi connectivity index (χ1) is 15.0. The lowest BCUT2D eigenvalue weighted by atomic mass is 9.95. The Morgan fingerprint density at radius 1 is 1.06 bits per heavy atom. The summed E-state index contributed by atoms with van der Waals surface area (Å²) in [6.07, 6.45) is 5.72. The van der Waals surface area contributed by atoms with Gasteiger partial charge in [0.25, 0.3) is 11.7 Å². The zero-order valence-electron chi connectivity index (χ0n) is 16.4. The highest BCUT2D eigenvalue weighted by Gasteiger charge is 2.45. The number of halogens is 2. The molecular formula is C23H19ClFN3O3. The Balaban J connectivity index is 1.72. The maximum Gasteiger partial charge on any atom is 0.295 e. The molecule has 31 heavy (non-hydrogen) atoms. The van der Waals surface area contributed by atoms with Crippen LogP contribution in [0.25, 0.3) is 5.76 Å². The lowest BCUT2D eigenvalue weighted by Gasteiger charge is -2.25. The quantitative estimate of drug-likeness (QED) is 0.355. The summed E-state index contributed by atoms with van der Waals surface area (Å²) in [6.45, 7) is 0.887. The van der Waals surface area contributed by atoms with Gasteiger partial charge in [-0.3, -0.25) is 9.59 Å². The van der Waals surface area contributed by atoms with Crippen LogP contribution in [0.1, 0.15) is 23.6 Å². The number of likely N-dealkylation sites (tertiary alicyclic amines) is 1. The van der Waals surface area contributed by atoms with E-state index in [9.17, 15) is 19.1 Å². The first-order valence-corrected chi connectivity index (χ1v) is 10.1. The van der Waals surface area contributed by atoms with Gasteiger partial charge in [-0.2, -0.15) is 0 Å². The number of imidazole rings is 1. The van der Waals surface area contributed by atoms with Crippen molar-refractivity contribution in [1.29, 1.82) is 0 Å². The van der Waals surface area contributed by atoms with Gasteiger partial charge >= 0.3 is 0 Å². The Kier molecular flexibility index (Phi) is 5.86. The lowest BCUT2D eigenvalue weighted by molar-refractivity contribution is -0.139. The molecule has 4 rings (SSSR count). The standard InChI is InChI=1S/C23H19ClFN3O3/c24-17-6-2-16(3-7-17)21(29)19-20(15-4-8-18(25)9-5-15)28(23(31)22(19)30)12-1-11-27-13-10-26-14-27/h2-10,13-14,20,29H,1,11-12H2. The number of hydrogen-bond acceptors (Lipinski definition) is 4. The number of aliphatic hydroxyl groups excluding tert-OH is 1. The molecule has 1 aromatic heterocycles. The fraction of sp³-hybridized carbons (Fsp3) is 0.174. The molecular weight excluding hydrogens is 421 g/mol. The van der Waals surface area contributed by atoms with Crippen LogP contribution in [0, 0.1) is 5.82 Å². The van der Waals surface area contributed by atoms with E-state index in [1.54, 1.807) is 36.8 Å². The number of aryl methyl sites for hydroxylation is 1. The molecule has 158 valence electrons. The number of amides is 1. The number of hydrogen-bond donors (Lipinski definition) is 1. The van der Waals surface area contributed by atoms with E-state index >= 15 is 0 Å². The summed E-state index contributed by atoms with van der Waals surface area (Å²) in [7, 11) is 0. The van der Waals surface area contributed by atoms with Gasteiger partial charge in [0.2, 0.25) is 0 Å². The average molecular weight is 440 g/mol. The lowest BCUT2D eigenvalue weighted by Crippen LogP contribution is -2.31. The van der Waals surface area contributed by atoms with Crippen molar-refractivity contribution >= 4 is 29.1 Å². The number of aliphatic hydroxyl groups is 1. The zero-order chi connectivity index (χ0) is 22.0. The Morgan fingerprint density at radius 3 is 2.42 bits per heavy atom. The smallest absolute Gasteiger partial charge is 0.295 e. The molecule has 0 saturated carbocycles. The highest BCUT2D eigenvalue weighted by molar-refractivity contribution is 6.46. The Morgan fingerprint density at radius 2 is 1.77 bits per heavy atom. The highest BCUT2D eigenvalue weighted by Crippen LogP contribution is 2.39. The van der Waals surface area contributed by atoms with Crippen molar-refractivity contribution in [2.75, 3.05) is 6.54 Å². The van der Waals surface area contributed by atoms with E-state index in [1.807, 2.05) is 10.8 Å². The van der Waals surface area contributed by atoms with Crippen LogP contribution in [-0.2, 0) is 16.1 Å². The predicted octanol–water partition coefficient (Wildman–Crippen LogP) is 4.19. The van der Waals surface area contributed by atoms with E-state index < -0.39 is 23.5 Å². The molecule has 1 fully saturated rings. The molecule has 2 aromatic carbocycles. The molecule has 1 unspecified atom stereocenters. The van der Waals surface area contributed by atoms with Crippen molar-refractivity contribution in [1.82, 2.24) is 14.5 Å². The van der Waals surface area contributed by atoms with Gasteiger partial charge in [0, 0.05) is 36.1 Å². The number of ketones is 1. The van der Waals surface area contributed by atoms with Gasteiger partial charge in [-0.25, -0.2) is 9.37 Å². The SMILES string of the molecule is O=C1C(=O)N(CCCn2ccnc2)C(c2ccc(F)cc2)C1=C(O)c1ccc(Cl)cc1. The Hall–Kier alpha value is -3.45. The molecule has 1 N–H and O–H groups in total. The minimum atomic E-state index is -0.820. The van der Waals surface area contributed by atoms with Crippen LogP contribution >= 0.6 is 11.6 Å². The molecule has 0 aliphatic carbocycles. The molecule has 1 saturated heterocycles. The molecule has 1 atom stereocenters. The van der Waals surface area contributed by atoms with E-state index in [-0.39, 0.29) is 17.9 Å². The van der Waals surface area contributed by atoms with Crippen molar-refractivity contribution in [3.8, 4) is 0 Å². The van der Waals surface area contributed by atoms with Gasteiger partial charge in [-0.1, -0.05) is 23.7 Å². The second-order valence-corrected chi connectivity index (χ2v) is 7.64. The summed E-state index contributed by atoms with van der Waals surface area (Å²) in [5.74, 6) is -2.19. The third-order valence-electron chi connectivity index (χ3n) is 5.22. The topological polar surface area (TPSA) is 75.4 Å². The van der Waals surface area contributed by atoms with Gasteiger partial charge in [-0.05, 0) is 48.4 Å². The first kappa shape index (κ1) is 20.8. The molecule has 0 spiro atoms. The number of carbonyl (C=O) groups is 2. The normalized spacial score (nSPS) is 18.0. The molecule has 6 nitrogen and oxygen atoms in total. The molecule has 3 aromatic rings. The number of carbonyl (C=O) groups excluding carboxylic acids is 2. The zero-order valence-corrected chi connectivity index (χ0v) is 17.2. The van der Waals surface area contributed by atoms with Crippen LogP contribution in [0.4, 0.5) is 4.39 Å². The number of Topliss-reactive ketones (excluding diaryl/α,β-unsaturated/α-hetero) is 1. The van der Waals surface area contributed by atoms with Gasteiger partial charge in [0.15, 0.2) is 0 Å². The van der Waals surface area contributed by atoms with Crippen LogP contribution in [0.2, 0.25) is 5.02 Å². The van der Waals surface area contributed by atoms with Gasteiger partial charge in [-0.15, -0.1) is 0 Å². The maximum atomic E-state index is 13.5. The average Bonchev–Trinajstić information content (AvgIpc) is 3.37. The summed E-state index contributed by atoms with van der Waals surface area (Å²) >= 11 is 5.92. The second kappa shape index (κ2) is 8.73. The summed E-state index contributed by atoms with van der Waals surface area (Å²) in [5.41, 5.74) is 0.883. The monoisotopic (exact) mass is 439 g/mol. The Bertz CT molecular complexity index is 1130. The van der Waals surface area contributed by atoms with Crippen molar-refractivity contribution in [2.24, 2.45) is 0 Å². The van der Waals surface area contributed by atoms with E-state index in [1.165, 1.54) is 29.2 Å². The first-order valence-electron chi connectivity index (χ1n) is 9.71. The summed E-state index contributed by atoms with van der Waals surface area (Å²) < 4.78 is 15.4.